The SMILES string of the molecule is O=S(=O)(O)O.OCCNCCO.[CH2-]CCCCCCCCCCC.[Na+]. The molecule has 0 fully saturated rings. The molecule has 0 aliphatic rings. The molecule has 0 saturated heterocycles. The molecular weight excluding hydrogens is 357 g/mol. The van der Waals surface area contributed by atoms with Gasteiger partial charge in [-0.15, -0.1) is 0 Å². The van der Waals surface area contributed by atoms with Gasteiger partial charge in [0.15, 0.2) is 0 Å². The van der Waals surface area contributed by atoms with E-state index >= 15 is 0 Å². The summed E-state index contributed by atoms with van der Waals surface area (Å²) in [6.45, 7) is 7.53. The van der Waals surface area contributed by atoms with Crippen LogP contribution in [0.3, 0.4) is 0 Å². The van der Waals surface area contributed by atoms with Gasteiger partial charge in [-0.1, -0.05) is 64.7 Å². The molecule has 0 aromatic rings. The van der Waals surface area contributed by atoms with Gasteiger partial charge in [0, 0.05) is 13.1 Å². The minimum atomic E-state index is -4.67. The maximum atomic E-state index is 8.74. The summed E-state index contributed by atoms with van der Waals surface area (Å²) in [5.74, 6) is 0. The van der Waals surface area contributed by atoms with E-state index in [4.69, 9.17) is 27.7 Å². The monoisotopic (exact) mass is 395 g/mol. The van der Waals surface area contributed by atoms with Gasteiger partial charge in [-0.05, 0) is 0 Å². The van der Waals surface area contributed by atoms with Crippen molar-refractivity contribution in [2.45, 2.75) is 71.1 Å². The van der Waals surface area contributed by atoms with E-state index in [1.807, 2.05) is 0 Å². The normalized spacial score (nSPS) is 10.0. The molecule has 0 aromatic carbocycles. The van der Waals surface area contributed by atoms with Crippen LogP contribution in [0.1, 0.15) is 71.1 Å². The second-order valence-electron chi connectivity index (χ2n) is 5.33. The van der Waals surface area contributed by atoms with Crippen molar-refractivity contribution in [3.8, 4) is 0 Å². The minimum Gasteiger partial charge on any atom is -0.395 e. The molecule has 25 heavy (non-hydrogen) atoms. The van der Waals surface area contributed by atoms with Gasteiger partial charge in [0.2, 0.25) is 0 Å². The van der Waals surface area contributed by atoms with E-state index in [1.165, 1.54) is 57.8 Å². The third-order valence-electron chi connectivity index (χ3n) is 2.93. The predicted octanol–water partition coefficient (Wildman–Crippen LogP) is -0.347. The van der Waals surface area contributed by atoms with E-state index in [9.17, 15) is 0 Å². The molecule has 0 radical (unpaired) electrons. The Bertz CT molecular complexity index is 283. The van der Waals surface area contributed by atoms with Crippen LogP contribution in [0.25, 0.3) is 0 Å². The van der Waals surface area contributed by atoms with Crippen molar-refractivity contribution >= 4 is 10.4 Å². The first-order valence-corrected chi connectivity index (χ1v) is 10.1. The fourth-order valence-electron chi connectivity index (χ4n) is 1.77. The largest absolute Gasteiger partial charge is 1.00 e. The number of hydrogen-bond acceptors (Lipinski definition) is 5. The van der Waals surface area contributed by atoms with E-state index in [1.54, 1.807) is 0 Å². The van der Waals surface area contributed by atoms with Crippen molar-refractivity contribution in [1.29, 1.82) is 0 Å². The Labute approximate surface area is 176 Å². The maximum Gasteiger partial charge on any atom is 1.00 e. The molecular formula is C16H38NNaO6S. The third kappa shape index (κ3) is 67.8. The van der Waals surface area contributed by atoms with Crippen molar-refractivity contribution in [3.05, 3.63) is 6.92 Å². The average molecular weight is 396 g/mol. The van der Waals surface area contributed by atoms with Crippen LogP contribution in [0.2, 0.25) is 0 Å². The van der Waals surface area contributed by atoms with E-state index < -0.39 is 10.4 Å². The molecule has 0 saturated carbocycles. The molecule has 0 rings (SSSR count). The Hall–Kier alpha value is 0.750. The summed E-state index contributed by atoms with van der Waals surface area (Å²) in [7, 11) is -4.67. The zero-order valence-electron chi connectivity index (χ0n) is 16.1. The molecule has 0 atom stereocenters. The van der Waals surface area contributed by atoms with Crippen LogP contribution in [0.5, 0.6) is 0 Å². The molecule has 9 heteroatoms. The first kappa shape index (κ1) is 33.3. The Morgan fingerprint density at radius 3 is 1.40 bits per heavy atom. The van der Waals surface area contributed by atoms with Crippen molar-refractivity contribution in [2.24, 2.45) is 0 Å². The first-order chi connectivity index (χ1) is 11.3. The summed E-state index contributed by atoms with van der Waals surface area (Å²) < 4.78 is 31.6. The average Bonchev–Trinajstić information content (AvgIpc) is 2.50. The zero-order valence-corrected chi connectivity index (χ0v) is 18.9. The topological polar surface area (TPSA) is 127 Å². The molecule has 0 aromatic heterocycles. The van der Waals surface area contributed by atoms with Gasteiger partial charge < -0.3 is 22.5 Å². The van der Waals surface area contributed by atoms with Gasteiger partial charge in [-0.2, -0.15) is 14.8 Å². The number of nitrogens with one attached hydrogen (secondary N) is 1. The van der Waals surface area contributed by atoms with Crippen LogP contribution < -0.4 is 34.9 Å². The van der Waals surface area contributed by atoms with Crippen molar-refractivity contribution in [3.63, 3.8) is 0 Å². The van der Waals surface area contributed by atoms with Gasteiger partial charge >= 0.3 is 40.0 Å². The molecule has 5 N–H and O–H groups in total. The van der Waals surface area contributed by atoms with Crippen LogP contribution in [0.4, 0.5) is 0 Å². The summed E-state index contributed by atoms with van der Waals surface area (Å²) in [4.78, 5) is 0. The molecule has 0 aliphatic carbocycles. The van der Waals surface area contributed by atoms with Crippen LogP contribution in [-0.2, 0) is 10.4 Å². The van der Waals surface area contributed by atoms with Gasteiger partial charge in [-0.3, -0.25) is 9.11 Å². The first-order valence-electron chi connectivity index (χ1n) is 8.75. The van der Waals surface area contributed by atoms with E-state index in [0.717, 1.165) is 6.42 Å². The van der Waals surface area contributed by atoms with Gasteiger partial charge in [-0.25, -0.2) is 0 Å². The molecule has 150 valence electrons. The number of hydrogen-bond donors (Lipinski definition) is 5. The fourth-order valence-corrected chi connectivity index (χ4v) is 1.77. The van der Waals surface area contributed by atoms with Crippen molar-refractivity contribution in [1.82, 2.24) is 5.32 Å². The molecule has 0 bridgehead atoms. The summed E-state index contributed by atoms with van der Waals surface area (Å²) in [6.07, 6.45) is 13.9. The molecule has 0 spiro atoms. The van der Waals surface area contributed by atoms with Crippen molar-refractivity contribution in [2.75, 3.05) is 26.3 Å². The Morgan fingerprint density at radius 2 is 1.12 bits per heavy atom. The van der Waals surface area contributed by atoms with E-state index in [-0.39, 0.29) is 42.8 Å². The Morgan fingerprint density at radius 1 is 0.800 bits per heavy atom. The second kappa shape index (κ2) is 29.5. The molecule has 0 heterocycles. The Balaban J connectivity index is -0.000000145. The van der Waals surface area contributed by atoms with Gasteiger partial charge in [0.05, 0.1) is 13.2 Å². The fraction of sp³-hybridized carbons (Fsp3) is 0.938. The van der Waals surface area contributed by atoms with Crippen LogP contribution in [0.15, 0.2) is 0 Å². The maximum absolute atomic E-state index is 8.74. The number of rotatable bonds is 13. The third-order valence-corrected chi connectivity index (χ3v) is 2.93. The van der Waals surface area contributed by atoms with Crippen molar-refractivity contribution < 1.29 is 57.3 Å². The van der Waals surface area contributed by atoms with Crippen LogP contribution in [-0.4, -0.2) is 54.0 Å². The number of aliphatic hydroxyl groups excluding tert-OH is 2. The van der Waals surface area contributed by atoms with Crippen LogP contribution >= 0.6 is 0 Å². The van der Waals surface area contributed by atoms with Crippen LogP contribution in [0, 0.1) is 6.92 Å². The molecule has 0 aliphatic heterocycles. The molecule has 0 amide bonds. The minimum absolute atomic E-state index is 0. The smallest absolute Gasteiger partial charge is 0.395 e. The number of aliphatic hydroxyl groups is 2. The van der Waals surface area contributed by atoms with Gasteiger partial charge in [0.25, 0.3) is 0 Å². The Kier molecular flexibility index (Phi) is 39.4. The summed E-state index contributed by atoms with van der Waals surface area (Å²) >= 11 is 0. The van der Waals surface area contributed by atoms with E-state index in [0.29, 0.717) is 13.1 Å². The molecule has 0 unspecified atom stereocenters. The summed E-state index contributed by atoms with van der Waals surface area (Å²) in [6, 6.07) is 0. The summed E-state index contributed by atoms with van der Waals surface area (Å²) in [5, 5.41) is 19.1. The van der Waals surface area contributed by atoms with Gasteiger partial charge in [0.1, 0.15) is 0 Å². The predicted molar refractivity (Wildman–Crippen MR) is 98.4 cm³/mol. The second-order valence-corrected chi connectivity index (χ2v) is 6.22. The quantitative estimate of drug-likeness (QED) is 0.125. The zero-order chi connectivity index (χ0) is 19.1. The number of unbranched alkanes of at least 4 members (excludes halogenated alkanes) is 9. The summed E-state index contributed by atoms with van der Waals surface area (Å²) in [5.41, 5.74) is 0. The molecule has 7 nitrogen and oxygen atoms in total. The standard InChI is InChI=1S/C12H25.C4H11NO2.Na.H2O4S/c1-3-5-7-9-11-12-10-8-6-4-2;6-3-1-5-2-4-7;;1-5(2,3)4/h1,3-12H2,2H3;5-7H,1-4H2;;(H2,1,2,3,4)/q-1;;+1;. The van der Waals surface area contributed by atoms with E-state index in [2.05, 4.69) is 19.2 Å².